The van der Waals surface area contributed by atoms with Crippen molar-refractivity contribution in [2.75, 3.05) is 27.3 Å². The molecule has 0 spiro atoms. The molecular weight excluding hydrogens is 142 g/mol. The van der Waals surface area contributed by atoms with Crippen molar-refractivity contribution in [3.05, 3.63) is 12.2 Å². The second-order valence-corrected chi connectivity index (χ2v) is 2.94. The van der Waals surface area contributed by atoms with Crippen LogP contribution in [0, 0.1) is 0 Å². The molecule has 0 aromatic heterocycles. The van der Waals surface area contributed by atoms with Gasteiger partial charge >= 0.3 is 0 Å². The predicted octanol–water partition coefficient (Wildman–Crippen LogP) is -0.136. The molecule has 1 heterocycles. The molecule has 1 aliphatic rings. The minimum Gasteiger partial charge on any atom is -0.395 e. The van der Waals surface area contributed by atoms with Gasteiger partial charge in [0.1, 0.15) is 0 Å². The molecule has 0 bridgehead atoms. The molecule has 3 nitrogen and oxygen atoms in total. The predicted molar refractivity (Wildman–Crippen MR) is 43.4 cm³/mol. The quantitative estimate of drug-likeness (QED) is 0.579. The highest BCUT2D eigenvalue weighted by molar-refractivity contribution is 5.01. The van der Waals surface area contributed by atoms with E-state index in [2.05, 4.69) is 0 Å². The van der Waals surface area contributed by atoms with E-state index in [0.29, 0.717) is 6.61 Å². The van der Waals surface area contributed by atoms with Gasteiger partial charge in [0.15, 0.2) is 0 Å². The fourth-order valence-corrected chi connectivity index (χ4v) is 1.21. The Morgan fingerprint density at radius 1 is 1.73 bits per heavy atom. The molecule has 0 aromatic rings. The van der Waals surface area contributed by atoms with Crippen LogP contribution in [0.4, 0.5) is 0 Å². The van der Waals surface area contributed by atoms with Crippen molar-refractivity contribution in [1.82, 2.24) is 4.90 Å². The Bertz CT molecular complexity index is 145. The lowest BCUT2D eigenvalue weighted by atomic mass is 10.1. The average Bonchev–Trinajstić information content (AvgIpc) is 2.40. The molecule has 0 saturated carbocycles. The normalized spacial score (nSPS) is 26.4. The standard InChI is InChI=1S/C8H15NO2/c1-9(2)7(6-10)8-4-3-5-11-8/h3-4,7-8,10H,5-6H2,1-2H3/t7-,8+/m1/s1. The maximum Gasteiger partial charge on any atom is 0.0938 e. The lowest BCUT2D eigenvalue weighted by molar-refractivity contribution is 0.0311. The molecule has 0 fully saturated rings. The summed E-state index contributed by atoms with van der Waals surface area (Å²) in [4.78, 5) is 1.97. The van der Waals surface area contributed by atoms with Gasteiger partial charge in [0.05, 0.1) is 25.4 Å². The molecule has 2 atom stereocenters. The maximum absolute atomic E-state index is 9.00. The fraction of sp³-hybridized carbons (Fsp3) is 0.750. The van der Waals surface area contributed by atoms with E-state index in [-0.39, 0.29) is 18.8 Å². The van der Waals surface area contributed by atoms with Crippen molar-refractivity contribution < 1.29 is 9.84 Å². The van der Waals surface area contributed by atoms with Crippen LogP contribution in [0.5, 0.6) is 0 Å². The van der Waals surface area contributed by atoms with E-state index in [1.54, 1.807) is 0 Å². The number of nitrogens with zero attached hydrogens (tertiary/aromatic N) is 1. The Balaban J connectivity index is 2.47. The number of aliphatic hydroxyl groups is 1. The van der Waals surface area contributed by atoms with E-state index in [1.807, 2.05) is 31.1 Å². The number of ether oxygens (including phenoxy) is 1. The van der Waals surface area contributed by atoms with Crippen molar-refractivity contribution in [3.8, 4) is 0 Å². The maximum atomic E-state index is 9.00. The van der Waals surface area contributed by atoms with Gasteiger partial charge in [0, 0.05) is 0 Å². The van der Waals surface area contributed by atoms with Crippen molar-refractivity contribution in [3.63, 3.8) is 0 Å². The lowest BCUT2D eigenvalue weighted by Crippen LogP contribution is -2.41. The summed E-state index contributed by atoms with van der Waals surface area (Å²) < 4.78 is 5.35. The van der Waals surface area contributed by atoms with Gasteiger partial charge in [0.25, 0.3) is 0 Å². The Hall–Kier alpha value is -0.380. The molecule has 64 valence electrons. The van der Waals surface area contributed by atoms with Gasteiger partial charge in [-0.3, -0.25) is 0 Å². The van der Waals surface area contributed by atoms with Crippen molar-refractivity contribution in [2.24, 2.45) is 0 Å². The summed E-state index contributed by atoms with van der Waals surface area (Å²) in [7, 11) is 3.88. The summed E-state index contributed by atoms with van der Waals surface area (Å²) in [6.45, 7) is 0.816. The molecule has 0 amide bonds. The van der Waals surface area contributed by atoms with Crippen molar-refractivity contribution in [2.45, 2.75) is 12.1 Å². The Morgan fingerprint density at radius 3 is 2.82 bits per heavy atom. The van der Waals surface area contributed by atoms with E-state index < -0.39 is 0 Å². The highest BCUT2D eigenvalue weighted by Crippen LogP contribution is 2.11. The van der Waals surface area contributed by atoms with Crippen molar-refractivity contribution >= 4 is 0 Å². The van der Waals surface area contributed by atoms with Crippen molar-refractivity contribution in [1.29, 1.82) is 0 Å². The summed E-state index contributed by atoms with van der Waals surface area (Å²) in [5, 5.41) is 9.00. The van der Waals surface area contributed by atoms with E-state index >= 15 is 0 Å². The Morgan fingerprint density at radius 2 is 2.45 bits per heavy atom. The molecule has 1 rings (SSSR count). The van der Waals surface area contributed by atoms with E-state index in [0.717, 1.165) is 0 Å². The van der Waals surface area contributed by atoms with Gasteiger partial charge in [-0.15, -0.1) is 0 Å². The lowest BCUT2D eigenvalue weighted by Gasteiger charge is -2.26. The van der Waals surface area contributed by atoms with Crippen LogP contribution in [-0.4, -0.2) is 49.5 Å². The first-order chi connectivity index (χ1) is 5.25. The molecule has 1 N–H and O–H groups in total. The number of likely N-dealkylation sites (N-methyl/N-ethyl adjacent to an activating group) is 1. The number of rotatable bonds is 3. The minimum absolute atomic E-state index is 0.0648. The molecule has 11 heavy (non-hydrogen) atoms. The zero-order chi connectivity index (χ0) is 8.27. The largest absolute Gasteiger partial charge is 0.395 e. The average molecular weight is 157 g/mol. The molecule has 0 aliphatic carbocycles. The number of hydrogen-bond acceptors (Lipinski definition) is 3. The zero-order valence-corrected chi connectivity index (χ0v) is 7.03. The first-order valence-electron chi connectivity index (χ1n) is 3.81. The summed E-state index contributed by atoms with van der Waals surface area (Å²) in [6, 6.07) is 0.0914. The molecular formula is C8H15NO2. The summed E-state index contributed by atoms with van der Waals surface area (Å²) in [5.74, 6) is 0. The van der Waals surface area contributed by atoms with Crippen LogP contribution in [0.1, 0.15) is 0 Å². The van der Waals surface area contributed by atoms with Gasteiger partial charge in [-0.2, -0.15) is 0 Å². The molecule has 0 saturated heterocycles. The zero-order valence-electron chi connectivity index (χ0n) is 7.03. The summed E-state index contributed by atoms with van der Waals surface area (Å²) in [6.07, 6.45) is 4.05. The highest BCUT2D eigenvalue weighted by atomic mass is 16.5. The minimum atomic E-state index is 0.0648. The van der Waals surface area contributed by atoms with Crippen LogP contribution in [0.2, 0.25) is 0 Å². The van der Waals surface area contributed by atoms with Crippen LogP contribution in [0.15, 0.2) is 12.2 Å². The highest BCUT2D eigenvalue weighted by Gasteiger charge is 2.22. The van der Waals surface area contributed by atoms with Crippen LogP contribution in [0.25, 0.3) is 0 Å². The third kappa shape index (κ3) is 2.02. The van der Waals surface area contributed by atoms with Crippen LogP contribution in [-0.2, 0) is 4.74 Å². The fourth-order valence-electron chi connectivity index (χ4n) is 1.21. The Kier molecular flexibility index (Phi) is 3.05. The monoisotopic (exact) mass is 157 g/mol. The van der Waals surface area contributed by atoms with Crippen LogP contribution >= 0.6 is 0 Å². The summed E-state index contributed by atoms with van der Waals surface area (Å²) in [5.41, 5.74) is 0. The number of aliphatic hydroxyl groups excluding tert-OH is 1. The van der Waals surface area contributed by atoms with Gasteiger partial charge < -0.3 is 14.7 Å². The second kappa shape index (κ2) is 3.85. The third-order valence-corrected chi connectivity index (χ3v) is 1.94. The second-order valence-electron chi connectivity index (χ2n) is 2.94. The molecule has 0 aromatic carbocycles. The van der Waals surface area contributed by atoms with Gasteiger partial charge in [0.2, 0.25) is 0 Å². The van der Waals surface area contributed by atoms with Crippen LogP contribution < -0.4 is 0 Å². The summed E-state index contributed by atoms with van der Waals surface area (Å²) >= 11 is 0. The smallest absolute Gasteiger partial charge is 0.0938 e. The van der Waals surface area contributed by atoms with Gasteiger partial charge in [-0.1, -0.05) is 12.2 Å². The number of hydrogen-bond donors (Lipinski definition) is 1. The molecule has 0 radical (unpaired) electrons. The SMILES string of the molecule is CN(C)[C@H](CO)[C@@H]1C=CCO1. The first-order valence-corrected chi connectivity index (χ1v) is 3.81. The topological polar surface area (TPSA) is 32.7 Å². The molecule has 0 unspecified atom stereocenters. The van der Waals surface area contributed by atoms with E-state index in [4.69, 9.17) is 9.84 Å². The first kappa shape index (κ1) is 8.71. The third-order valence-electron chi connectivity index (χ3n) is 1.94. The Labute approximate surface area is 67.3 Å². The van der Waals surface area contributed by atoms with Gasteiger partial charge in [-0.25, -0.2) is 0 Å². The van der Waals surface area contributed by atoms with Gasteiger partial charge in [-0.05, 0) is 14.1 Å². The van der Waals surface area contributed by atoms with E-state index in [9.17, 15) is 0 Å². The van der Waals surface area contributed by atoms with Crippen LogP contribution in [0.3, 0.4) is 0 Å². The molecule has 3 heteroatoms. The molecule has 1 aliphatic heterocycles. The van der Waals surface area contributed by atoms with E-state index in [1.165, 1.54) is 0 Å².